The van der Waals surface area contributed by atoms with E-state index in [1.54, 1.807) is 67.8 Å². The topological polar surface area (TPSA) is 105 Å². The van der Waals surface area contributed by atoms with Crippen LogP contribution in [-0.4, -0.2) is 30.3 Å². The second-order valence-corrected chi connectivity index (χ2v) is 9.57. The summed E-state index contributed by atoms with van der Waals surface area (Å²) >= 11 is 0. The van der Waals surface area contributed by atoms with Gasteiger partial charge in [0.2, 0.25) is 5.91 Å². The van der Waals surface area contributed by atoms with E-state index in [4.69, 9.17) is 4.98 Å². The number of alkyl halides is 3. The van der Waals surface area contributed by atoms with Gasteiger partial charge < -0.3 is 4.90 Å². The minimum absolute atomic E-state index is 0.0952. The number of benzene rings is 2. The summed E-state index contributed by atoms with van der Waals surface area (Å²) in [5.41, 5.74) is 0.934. The number of halogens is 3. The molecule has 0 aliphatic carbocycles. The first-order valence-corrected chi connectivity index (χ1v) is 12.9. The second kappa shape index (κ2) is 11.6. The number of pyridine rings is 2. The molecule has 0 aliphatic rings. The average Bonchev–Trinajstić information content (AvgIpc) is 3.00. The first-order valence-electron chi connectivity index (χ1n) is 12.9. The summed E-state index contributed by atoms with van der Waals surface area (Å²) in [6.07, 6.45) is 0.0387. The van der Waals surface area contributed by atoms with Gasteiger partial charge in [-0.15, -0.1) is 0 Å². The highest BCUT2D eigenvalue weighted by Gasteiger charge is 2.31. The maximum atomic E-state index is 13.8. The highest BCUT2D eigenvalue weighted by molar-refractivity contribution is 5.79. The van der Waals surface area contributed by atoms with E-state index in [0.717, 1.165) is 12.1 Å². The van der Waals surface area contributed by atoms with Crippen molar-refractivity contribution in [1.82, 2.24) is 24.4 Å². The molecule has 5 aromatic rings. The van der Waals surface area contributed by atoms with Crippen molar-refractivity contribution in [3.63, 3.8) is 0 Å². The van der Waals surface area contributed by atoms with Crippen LogP contribution in [0.2, 0.25) is 0 Å². The quantitative estimate of drug-likeness (QED) is 0.261. The maximum Gasteiger partial charge on any atom is 0.416 e. The van der Waals surface area contributed by atoms with E-state index >= 15 is 0 Å². The Morgan fingerprint density at radius 1 is 1.00 bits per heavy atom. The fraction of sp³-hybridized carbons (Fsp3) is 0.161. The van der Waals surface area contributed by atoms with Crippen molar-refractivity contribution in [3.05, 3.63) is 130 Å². The van der Waals surface area contributed by atoms with Gasteiger partial charge in [0.15, 0.2) is 5.65 Å². The Kier molecular flexibility index (Phi) is 7.80. The van der Waals surface area contributed by atoms with Gasteiger partial charge in [-0.1, -0.05) is 18.2 Å². The smallest absolute Gasteiger partial charge is 0.328 e. The third-order valence-electron chi connectivity index (χ3n) is 6.80. The van der Waals surface area contributed by atoms with Crippen molar-refractivity contribution in [3.8, 4) is 11.8 Å². The summed E-state index contributed by atoms with van der Waals surface area (Å²) in [5.74, 6) is -0.173. The molecule has 210 valence electrons. The van der Waals surface area contributed by atoms with Gasteiger partial charge in [-0.25, -0.2) is 9.97 Å². The SMILES string of the molecule is C[C@H](c1nc2ncccc2c(=O)n1-c1ccc(C#N)cc1)N(Cc1cccnc1)C(=O)Cc1ccc(C(F)(F)F)cc1. The number of carbonyl (C=O) groups is 1. The number of fused-ring (bicyclic) bond motifs is 1. The van der Waals surface area contributed by atoms with Gasteiger partial charge in [0.05, 0.1) is 40.7 Å². The maximum absolute atomic E-state index is 13.8. The molecular weight excluding hydrogens is 545 g/mol. The van der Waals surface area contributed by atoms with E-state index in [2.05, 4.69) is 9.97 Å². The average molecular weight is 569 g/mol. The number of carbonyl (C=O) groups excluding carboxylic acids is 1. The molecule has 0 unspecified atom stereocenters. The number of rotatable bonds is 7. The largest absolute Gasteiger partial charge is 0.416 e. The third-order valence-corrected chi connectivity index (χ3v) is 6.80. The zero-order chi connectivity index (χ0) is 29.9. The molecule has 2 aromatic carbocycles. The van der Waals surface area contributed by atoms with E-state index in [0.29, 0.717) is 22.4 Å². The summed E-state index contributed by atoms with van der Waals surface area (Å²) in [6.45, 7) is 1.82. The third kappa shape index (κ3) is 5.88. The van der Waals surface area contributed by atoms with Crippen molar-refractivity contribution in [1.29, 1.82) is 5.26 Å². The zero-order valence-electron chi connectivity index (χ0n) is 22.3. The number of hydrogen-bond donors (Lipinski definition) is 0. The molecule has 0 spiro atoms. The van der Waals surface area contributed by atoms with Gasteiger partial charge in [-0.05, 0) is 72.6 Å². The minimum Gasteiger partial charge on any atom is -0.328 e. The Morgan fingerprint density at radius 2 is 1.71 bits per heavy atom. The van der Waals surface area contributed by atoms with E-state index in [1.165, 1.54) is 27.8 Å². The second-order valence-electron chi connectivity index (χ2n) is 9.57. The van der Waals surface area contributed by atoms with Crippen LogP contribution in [0.5, 0.6) is 0 Å². The van der Waals surface area contributed by atoms with Gasteiger partial charge in [0.1, 0.15) is 5.82 Å². The van der Waals surface area contributed by atoms with Crippen molar-refractivity contribution in [2.75, 3.05) is 0 Å². The van der Waals surface area contributed by atoms with Crippen LogP contribution in [0.25, 0.3) is 16.7 Å². The van der Waals surface area contributed by atoms with Gasteiger partial charge in [0.25, 0.3) is 5.56 Å². The normalized spacial score (nSPS) is 12.1. The molecule has 3 heterocycles. The first kappa shape index (κ1) is 28.2. The van der Waals surface area contributed by atoms with Crippen molar-refractivity contribution in [2.45, 2.75) is 32.1 Å². The lowest BCUT2D eigenvalue weighted by Gasteiger charge is -2.31. The number of aromatic nitrogens is 4. The van der Waals surface area contributed by atoms with Crippen LogP contribution < -0.4 is 5.56 Å². The number of nitrogens with zero attached hydrogens (tertiary/aromatic N) is 6. The Morgan fingerprint density at radius 3 is 2.36 bits per heavy atom. The predicted octanol–water partition coefficient (Wildman–Crippen LogP) is 5.40. The molecule has 3 aromatic heterocycles. The number of nitriles is 1. The van der Waals surface area contributed by atoms with E-state index < -0.39 is 29.2 Å². The molecule has 0 N–H and O–H groups in total. The summed E-state index contributed by atoms with van der Waals surface area (Å²) in [4.78, 5) is 42.2. The van der Waals surface area contributed by atoms with Gasteiger partial charge in [0, 0.05) is 25.1 Å². The van der Waals surface area contributed by atoms with Crippen molar-refractivity contribution in [2.24, 2.45) is 0 Å². The Hall–Kier alpha value is -5.37. The molecule has 0 radical (unpaired) electrons. The fourth-order valence-corrected chi connectivity index (χ4v) is 4.61. The summed E-state index contributed by atoms with van der Waals surface area (Å²) in [5, 5.41) is 9.51. The van der Waals surface area contributed by atoms with Crippen molar-refractivity contribution < 1.29 is 18.0 Å². The Labute approximate surface area is 238 Å². The molecule has 11 heteroatoms. The molecule has 8 nitrogen and oxygen atoms in total. The lowest BCUT2D eigenvalue weighted by Crippen LogP contribution is -2.38. The van der Waals surface area contributed by atoms with Gasteiger partial charge >= 0.3 is 6.18 Å². The molecule has 5 rings (SSSR count). The van der Waals surface area contributed by atoms with Crippen LogP contribution in [0, 0.1) is 11.3 Å². The van der Waals surface area contributed by atoms with Gasteiger partial charge in [-0.2, -0.15) is 18.4 Å². The molecule has 1 atom stereocenters. The lowest BCUT2D eigenvalue weighted by atomic mass is 10.1. The summed E-state index contributed by atoms with van der Waals surface area (Å²) < 4.78 is 40.6. The monoisotopic (exact) mass is 568 g/mol. The van der Waals surface area contributed by atoms with E-state index in [1.807, 2.05) is 6.07 Å². The Balaban J connectivity index is 1.60. The molecule has 0 saturated carbocycles. The first-order chi connectivity index (χ1) is 20.2. The molecular formula is C31H23F3N6O2. The number of hydrogen-bond acceptors (Lipinski definition) is 6. The summed E-state index contributed by atoms with van der Waals surface area (Å²) in [7, 11) is 0. The van der Waals surface area contributed by atoms with Crippen LogP contribution in [-0.2, 0) is 23.9 Å². The van der Waals surface area contributed by atoms with Crippen LogP contribution in [0.3, 0.4) is 0 Å². The van der Waals surface area contributed by atoms with Crippen molar-refractivity contribution >= 4 is 16.9 Å². The highest BCUT2D eigenvalue weighted by Crippen LogP contribution is 2.30. The number of amides is 1. The molecule has 0 bridgehead atoms. The van der Waals surface area contributed by atoms with E-state index in [-0.39, 0.29) is 29.8 Å². The molecule has 0 aliphatic heterocycles. The fourth-order valence-electron chi connectivity index (χ4n) is 4.61. The van der Waals surface area contributed by atoms with Crippen LogP contribution in [0.1, 0.15) is 41.0 Å². The minimum atomic E-state index is -4.49. The van der Waals surface area contributed by atoms with Crippen LogP contribution in [0.4, 0.5) is 13.2 Å². The molecule has 0 fully saturated rings. The summed E-state index contributed by atoms with van der Waals surface area (Å²) in [6, 6.07) is 18.8. The predicted molar refractivity (Wildman–Crippen MR) is 148 cm³/mol. The van der Waals surface area contributed by atoms with Crippen LogP contribution in [0.15, 0.2) is 96.2 Å². The van der Waals surface area contributed by atoms with Crippen LogP contribution >= 0.6 is 0 Å². The van der Waals surface area contributed by atoms with Gasteiger partial charge in [-0.3, -0.25) is 19.1 Å². The molecule has 0 saturated heterocycles. The Bertz CT molecular complexity index is 1830. The van der Waals surface area contributed by atoms with E-state index in [9.17, 15) is 28.0 Å². The molecule has 42 heavy (non-hydrogen) atoms. The lowest BCUT2D eigenvalue weighted by molar-refractivity contribution is -0.137. The standard InChI is InChI=1S/C31H23F3N6O2/c1-20(29-38-28-26(5-3-15-37-28)30(42)40(29)25-12-8-22(17-35)9-13-25)39(19-23-4-2-14-36-18-23)27(41)16-21-6-10-24(11-7-21)31(32,33)34/h2-15,18,20H,16,19H2,1H3/t20-/m1/s1. The molecule has 1 amide bonds. The highest BCUT2D eigenvalue weighted by atomic mass is 19.4. The zero-order valence-corrected chi connectivity index (χ0v) is 22.3.